The summed E-state index contributed by atoms with van der Waals surface area (Å²) in [6, 6.07) is 0. The van der Waals surface area contributed by atoms with Gasteiger partial charge in [0.05, 0.1) is 13.2 Å². The molecule has 1 fully saturated rings. The molecule has 1 heterocycles. The van der Waals surface area contributed by atoms with Crippen LogP contribution in [0.2, 0.25) is 0 Å². The van der Waals surface area contributed by atoms with Crippen molar-refractivity contribution in [2.24, 2.45) is 5.92 Å². The van der Waals surface area contributed by atoms with Crippen LogP contribution in [0.3, 0.4) is 0 Å². The van der Waals surface area contributed by atoms with Crippen LogP contribution in [0.1, 0.15) is 26.7 Å². The molecule has 0 aromatic heterocycles. The zero-order valence-electron chi connectivity index (χ0n) is 7.38. The predicted octanol–water partition coefficient (Wildman–Crippen LogP) is 2.00. The van der Waals surface area contributed by atoms with E-state index in [0.717, 1.165) is 26.1 Å². The molecular weight excluding hydrogens is 140 g/mol. The molecule has 1 atom stereocenters. The van der Waals surface area contributed by atoms with Gasteiger partial charge in [-0.2, -0.15) is 0 Å². The van der Waals surface area contributed by atoms with Gasteiger partial charge >= 0.3 is 0 Å². The largest absolute Gasteiger partial charge is 0.350 e. The molecule has 2 nitrogen and oxygen atoms in total. The number of rotatable bonds is 4. The fourth-order valence-corrected chi connectivity index (χ4v) is 1.40. The first-order chi connectivity index (χ1) is 5.38. The van der Waals surface area contributed by atoms with Crippen molar-refractivity contribution in [2.45, 2.75) is 33.0 Å². The second-order valence-corrected chi connectivity index (χ2v) is 2.83. The third-order valence-corrected chi connectivity index (χ3v) is 2.01. The minimum Gasteiger partial charge on any atom is -0.350 e. The second-order valence-electron chi connectivity index (χ2n) is 2.83. The maximum absolute atomic E-state index is 5.41. The van der Waals surface area contributed by atoms with E-state index >= 15 is 0 Å². The van der Waals surface area contributed by atoms with E-state index in [4.69, 9.17) is 9.47 Å². The standard InChI is InChI=1S/C9H17O2/c1-3-5-8(4-2)9-10-6-7-11-9/h5,8-9H,3-4,6-7H2,1-2H3. The van der Waals surface area contributed by atoms with Crippen molar-refractivity contribution in [2.75, 3.05) is 13.2 Å². The van der Waals surface area contributed by atoms with Gasteiger partial charge in [0.25, 0.3) is 0 Å². The van der Waals surface area contributed by atoms with Crippen LogP contribution in [0.15, 0.2) is 0 Å². The van der Waals surface area contributed by atoms with Gasteiger partial charge in [0.2, 0.25) is 0 Å². The van der Waals surface area contributed by atoms with Gasteiger partial charge in [0, 0.05) is 5.92 Å². The lowest BCUT2D eigenvalue weighted by molar-refractivity contribution is -0.0757. The quantitative estimate of drug-likeness (QED) is 0.621. The van der Waals surface area contributed by atoms with E-state index in [0.29, 0.717) is 5.92 Å². The summed E-state index contributed by atoms with van der Waals surface area (Å²) < 4.78 is 10.8. The molecule has 0 aliphatic carbocycles. The normalized spacial score (nSPS) is 22.4. The highest BCUT2D eigenvalue weighted by atomic mass is 16.7. The Hall–Kier alpha value is -0.0800. The smallest absolute Gasteiger partial charge is 0.160 e. The first kappa shape index (κ1) is 9.01. The fraction of sp³-hybridized carbons (Fsp3) is 0.889. The molecule has 1 aliphatic rings. The van der Waals surface area contributed by atoms with Gasteiger partial charge in [-0.15, -0.1) is 0 Å². The first-order valence-electron chi connectivity index (χ1n) is 4.45. The van der Waals surface area contributed by atoms with E-state index in [1.54, 1.807) is 0 Å². The molecule has 1 rings (SSSR count). The first-order valence-corrected chi connectivity index (χ1v) is 4.45. The van der Waals surface area contributed by atoms with Crippen LogP contribution in [0.25, 0.3) is 0 Å². The highest BCUT2D eigenvalue weighted by molar-refractivity contribution is 4.78. The van der Waals surface area contributed by atoms with Gasteiger partial charge in [-0.1, -0.05) is 20.3 Å². The molecule has 1 aliphatic heterocycles. The zero-order chi connectivity index (χ0) is 8.10. The Morgan fingerprint density at radius 3 is 2.45 bits per heavy atom. The van der Waals surface area contributed by atoms with Crippen LogP contribution in [0, 0.1) is 12.3 Å². The molecule has 0 aromatic carbocycles. The molecule has 0 bridgehead atoms. The summed E-state index contributed by atoms with van der Waals surface area (Å²) in [6.07, 6.45) is 4.52. The summed E-state index contributed by atoms with van der Waals surface area (Å²) in [4.78, 5) is 0. The van der Waals surface area contributed by atoms with Crippen molar-refractivity contribution in [3.8, 4) is 0 Å². The maximum Gasteiger partial charge on any atom is 0.160 e. The van der Waals surface area contributed by atoms with Crippen LogP contribution >= 0.6 is 0 Å². The summed E-state index contributed by atoms with van der Waals surface area (Å²) in [6.45, 7) is 5.84. The molecule has 0 spiro atoms. The Labute approximate surface area is 68.9 Å². The Kier molecular flexibility index (Phi) is 3.87. The van der Waals surface area contributed by atoms with Crippen molar-refractivity contribution in [3.63, 3.8) is 0 Å². The molecule has 1 saturated heterocycles. The molecule has 1 unspecified atom stereocenters. The Morgan fingerprint density at radius 1 is 1.36 bits per heavy atom. The third-order valence-electron chi connectivity index (χ3n) is 2.01. The van der Waals surface area contributed by atoms with Gasteiger partial charge in [0.1, 0.15) is 0 Å². The summed E-state index contributed by atoms with van der Waals surface area (Å²) in [5, 5.41) is 0. The van der Waals surface area contributed by atoms with Crippen molar-refractivity contribution in [3.05, 3.63) is 6.42 Å². The van der Waals surface area contributed by atoms with Gasteiger partial charge in [-0.05, 0) is 12.8 Å². The highest BCUT2D eigenvalue weighted by Crippen LogP contribution is 2.21. The summed E-state index contributed by atoms with van der Waals surface area (Å²) in [5.74, 6) is 0.488. The lowest BCUT2D eigenvalue weighted by Crippen LogP contribution is -2.20. The van der Waals surface area contributed by atoms with Crippen molar-refractivity contribution < 1.29 is 9.47 Å². The van der Waals surface area contributed by atoms with E-state index in [9.17, 15) is 0 Å². The van der Waals surface area contributed by atoms with E-state index < -0.39 is 0 Å². The summed E-state index contributed by atoms with van der Waals surface area (Å²) in [7, 11) is 0. The van der Waals surface area contributed by atoms with Gasteiger partial charge in [-0.25, -0.2) is 0 Å². The minimum absolute atomic E-state index is 0.0416. The predicted molar refractivity (Wildman–Crippen MR) is 44.1 cm³/mol. The van der Waals surface area contributed by atoms with Crippen molar-refractivity contribution in [1.29, 1.82) is 0 Å². The van der Waals surface area contributed by atoms with E-state index in [2.05, 4.69) is 20.3 Å². The molecular formula is C9H17O2. The number of hydrogen-bond donors (Lipinski definition) is 0. The third kappa shape index (κ3) is 2.46. The summed E-state index contributed by atoms with van der Waals surface area (Å²) >= 11 is 0. The van der Waals surface area contributed by atoms with Gasteiger partial charge < -0.3 is 9.47 Å². The Bertz CT molecular complexity index is 97.7. The monoisotopic (exact) mass is 157 g/mol. The van der Waals surface area contributed by atoms with Crippen LogP contribution in [-0.2, 0) is 9.47 Å². The lowest BCUT2D eigenvalue weighted by Gasteiger charge is -2.19. The van der Waals surface area contributed by atoms with E-state index in [-0.39, 0.29) is 6.29 Å². The molecule has 0 saturated carbocycles. The minimum atomic E-state index is 0.0416. The Morgan fingerprint density at radius 2 is 2.00 bits per heavy atom. The fourth-order valence-electron chi connectivity index (χ4n) is 1.40. The second kappa shape index (κ2) is 4.73. The van der Waals surface area contributed by atoms with Crippen LogP contribution in [0.5, 0.6) is 0 Å². The molecule has 0 aromatic rings. The van der Waals surface area contributed by atoms with Gasteiger partial charge in [0.15, 0.2) is 6.29 Å². The highest BCUT2D eigenvalue weighted by Gasteiger charge is 2.24. The van der Waals surface area contributed by atoms with Crippen LogP contribution in [-0.4, -0.2) is 19.5 Å². The molecule has 0 amide bonds. The SMILES string of the molecule is CC[CH]C(CC)C1OCCO1. The summed E-state index contributed by atoms with van der Waals surface area (Å²) in [5.41, 5.74) is 0. The molecule has 1 radical (unpaired) electrons. The van der Waals surface area contributed by atoms with Gasteiger partial charge in [-0.3, -0.25) is 0 Å². The van der Waals surface area contributed by atoms with Crippen molar-refractivity contribution in [1.82, 2.24) is 0 Å². The number of ether oxygens (including phenoxy) is 2. The maximum atomic E-state index is 5.41. The van der Waals surface area contributed by atoms with Crippen LogP contribution < -0.4 is 0 Å². The molecule has 2 heteroatoms. The average Bonchev–Trinajstić information content (AvgIpc) is 2.52. The molecule has 11 heavy (non-hydrogen) atoms. The lowest BCUT2D eigenvalue weighted by atomic mass is 10.0. The number of hydrogen-bond acceptors (Lipinski definition) is 2. The molecule has 65 valence electrons. The average molecular weight is 157 g/mol. The van der Waals surface area contributed by atoms with E-state index in [1.807, 2.05) is 0 Å². The van der Waals surface area contributed by atoms with Crippen LogP contribution in [0.4, 0.5) is 0 Å². The zero-order valence-corrected chi connectivity index (χ0v) is 7.38. The van der Waals surface area contributed by atoms with Crippen molar-refractivity contribution >= 4 is 0 Å². The topological polar surface area (TPSA) is 18.5 Å². The Balaban J connectivity index is 2.27. The van der Waals surface area contributed by atoms with E-state index in [1.165, 1.54) is 0 Å². The molecule has 0 N–H and O–H groups in total.